The van der Waals surface area contributed by atoms with Crippen molar-refractivity contribution in [1.29, 1.82) is 0 Å². The summed E-state index contributed by atoms with van der Waals surface area (Å²) in [6.07, 6.45) is -4.45. The van der Waals surface area contributed by atoms with Crippen molar-refractivity contribution in [2.45, 2.75) is 19.1 Å². The summed E-state index contributed by atoms with van der Waals surface area (Å²) in [6.45, 7) is 2.41. The van der Waals surface area contributed by atoms with Gasteiger partial charge in [-0.1, -0.05) is 17.3 Å². The van der Waals surface area contributed by atoms with Crippen LogP contribution in [0.4, 0.5) is 13.2 Å². The van der Waals surface area contributed by atoms with Gasteiger partial charge in [-0.2, -0.15) is 18.2 Å². The van der Waals surface area contributed by atoms with E-state index in [9.17, 15) is 18.0 Å². The molecule has 1 amide bonds. The van der Waals surface area contributed by atoms with Crippen LogP contribution in [0.5, 0.6) is 0 Å². The maximum absolute atomic E-state index is 12.8. The second-order valence-electron chi connectivity index (χ2n) is 5.34. The van der Waals surface area contributed by atoms with Gasteiger partial charge in [0.1, 0.15) is 6.04 Å². The molecule has 1 saturated heterocycles. The third-order valence-corrected chi connectivity index (χ3v) is 3.71. The Labute approximate surface area is 135 Å². The standard InChI is InChI=1S/C15H14F3N3O3/c1-9(22)21-5-6-23-8-12(21)14-19-13(20-24-14)10-3-2-4-11(7-10)15(16,17)18/h2-4,7,12H,5-6,8H2,1H3. The van der Waals surface area contributed by atoms with E-state index in [2.05, 4.69) is 10.1 Å². The van der Waals surface area contributed by atoms with Gasteiger partial charge < -0.3 is 14.2 Å². The number of halogens is 3. The van der Waals surface area contributed by atoms with Crippen LogP contribution in [0.1, 0.15) is 24.4 Å². The van der Waals surface area contributed by atoms with Crippen LogP contribution in [0.3, 0.4) is 0 Å². The van der Waals surface area contributed by atoms with Gasteiger partial charge in [0.25, 0.3) is 5.89 Å². The molecule has 1 aliphatic heterocycles. The number of amides is 1. The Morgan fingerprint density at radius 3 is 2.88 bits per heavy atom. The molecule has 0 aliphatic carbocycles. The van der Waals surface area contributed by atoms with Crippen molar-refractivity contribution in [2.24, 2.45) is 0 Å². The molecule has 9 heteroatoms. The number of aromatic nitrogens is 2. The number of hydrogen-bond acceptors (Lipinski definition) is 5. The summed E-state index contributed by atoms with van der Waals surface area (Å²) in [5.74, 6) is 0.00426. The number of carbonyl (C=O) groups excluding carboxylic acids is 1. The Morgan fingerprint density at radius 1 is 1.38 bits per heavy atom. The van der Waals surface area contributed by atoms with Gasteiger partial charge in [-0.05, 0) is 12.1 Å². The molecule has 0 bridgehead atoms. The SMILES string of the molecule is CC(=O)N1CCOCC1c1nc(-c2cccc(C(F)(F)F)c2)no1. The first-order valence-electron chi connectivity index (χ1n) is 7.22. The highest BCUT2D eigenvalue weighted by atomic mass is 19.4. The lowest BCUT2D eigenvalue weighted by molar-refractivity contribution is -0.139. The molecule has 3 rings (SSSR count). The van der Waals surface area contributed by atoms with Crippen LogP contribution >= 0.6 is 0 Å². The second kappa shape index (κ2) is 6.23. The molecule has 1 atom stereocenters. The van der Waals surface area contributed by atoms with Crippen LogP contribution in [0.2, 0.25) is 0 Å². The third-order valence-electron chi connectivity index (χ3n) is 3.71. The van der Waals surface area contributed by atoms with Gasteiger partial charge in [0.2, 0.25) is 11.7 Å². The smallest absolute Gasteiger partial charge is 0.377 e. The summed E-state index contributed by atoms with van der Waals surface area (Å²) in [5, 5.41) is 3.73. The van der Waals surface area contributed by atoms with Gasteiger partial charge in [0.15, 0.2) is 0 Å². The molecule has 0 saturated carbocycles. The number of hydrogen-bond donors (Lipinski definition) is 0. The molecular formula is C15H14F3N3O3. The van der Waals surface area contributed by atoms with Gasteiger partial charge >= 0.3 is 6.18 Å². The van der Waals surface area contributed by atoms with E-state index in [1.807, 2.05) is 0 Å². The maximum atomic E-state index is 12.8. The Balaban J connectivity index is 1.89. The first-order chi connectivity index (χ1) is 11.4. The van der Waals surface area contributed by atoms with E-state index >= 15 is 0 Å². The number of nitrogens with zero attached hydrogens (tertiary/aromatic N) is 3. The van der Waals surface area contributed by atoms with Gasteiger partial charge in [0.05, 0.1) is 18.8 Å². The molecule has 0 radical (unpaired) electrons. The highest BCUT2D eigenvalue weighted by Crippen LogP contribution is 2.32. The molecule has 0 N–H and O–H groups in total. The van der Waals surface area contributed by atoms with Crippen molar-refractivity contribution in [3.63, 3.8) is 0 Å². The molecule has 2 aromatic rings. The van der Waals surface area contributed by atoms with Crippen LogP contribution in [0, 0.1) is 0 Å². The highest BCUT2D eigenvalue weighted by Gasteiger charge is 2.33. The number of ether oxygens (including phenoxy) is 1. The molecule has 0 spiro atoms. The zero-order chi connectivity index (χ0) is 17.3. The Kier molecular flexibility index (Phi) is 4.27. The predicted molar refractivity (Wildman–Crippen MR) is 75.7 cm³/mol. The number of rotatable bonds is 2. The summed E-state index contributed by atoms with van der Waals surface area (Å²) in [5.41, 5.74) is -0.608. The fourth-order valence-corrected chi connectivity index (χ4v) is 2.51. The molecule has 1 aromatic heterocycles. The normalized spacial score (nSPS) is 18.7. The van der Waals surface area contributed by atoms with Crippen molar-refractivity contribution in [3.8, 4) is 11.4 Å². The molecule has 2 heterocycles. The Hall–Kier alpha value is -2.42. The van der Waals surface area contributed by atoms with Crippen molar-refractivity contribution >= 4 is 5.91 Å². The van der Waals surface area contributed by atoms with E-state index in [-0.39, 0.29) is 29.8 Å². The number of alkyl halides is 3. The first-order valence-corrected chi connectivity index (χ1v) is 7.22. The predicted octanol–water partition coefficient (Wildman–Crippen LogP) is 2.68. The van der Waals surface area contributed by atoms with Crippen LogP contribution in [0.15, 0.2) is 28.8 Å². The molecule has 24 heavy (non-hydrogen) atoms. The fraction of sp³-hybridized carbons (Fsp3) is 0.400. The van der Waals surface area contributed by atoms with E-state index in [0.717, 1.165) is 12.1 Å². The number of carbonyl (C=O) groups is 1. The molecule has 1 fully saturated rings. The zero-order valence-electron chi connectivity index (χ0n) is 12.7. The summed E-state index contributed by atoms with van der Waals surface area (Å²) in [6, 6.07) is 4.12. The van der Waals surface area contributed by atoms with E-state index in [0.29, 0.717) is 13.2 Å². The van der Waals surface area contributed by atoms with Crippen LogP contribution in [-0.2, 0) is 15.7 Å². The van der Waals surface area contributed by atoms with Crippen LogP contribution < -0.4 is 0 Å². The Morgan fingerprint density at radius 2 is 2.17 bits per heavy atom. The minimum atomic E-state index is -4.45. The van der Waals surface area contributed by atoms with Crippen LogP contribution in [0.25, 0.3) is 11.4 Å². The lowest BCUT2D eigenvalue weighted by Gasteiger charge is -2.32. The molecule has 1 aliphatic rings. The largest absolute Gasteiger partial charge is 0.416 e. The molecule has 128 valence electrons. The third kappa shape index (κ3) is 3.25. The molecule has 1 aromatic carbocycles. The van der Waals surface area contributed by atoms with Crippen LogP contribution in [-0.4, -0.2) is 40.7 Å². The van der Waals surface area contributed by atoms with Crippen molar-refractivity contribution in [3.05, 3.63) is 35.7 Å². The van der Waals surface area contributed by atoms with Gasteiger partial charge in [-0.3, -0.25) is 4.79 Å². The van der Waals surface area contributed by atoms with Gasteiger partial charge in [-0.25, -0.2) is 0 Å². The fourth-order valence-electron chi connectivity index (χ4n) is 2.51. The summed E-state index contributed by atoms with van der Waals surface area (Å²) >= 11 is 0. The average molecular weight is 341 g/mol. The maximum Gasteiger partial charge on any atom is 0.416 e. The topological polar surface area (TPSA) is 68.5 Å². The second-order valence-corrected chi connectivity index (χ2v) is 5.34. The van der Waals surface area contributed by atoms with E-state index in [4.69, 9.17) is 9.26 Å². The van der Waals surface area contributed by atoms with Crippen molar-refractivity contribution < 1.29 is 27.2 Å². The highest BCUT2D eigenvalue weighted by molar-refractivity contribution is 5.73. The lowest BCUT2D eigenvalue weighted by Crippen LogP contribution is -2.42. The number of morpholine rings is 1. The quantitative estimate of drug-likeness (QED) is 0.840. The van der Waals surface area contributed by atoms with Crippen molar-refractivity contribution in [2.75, 3.05) is 19.8 Å². The van der Waals surface area contributed by atoms with Gasteiger partial charge in [0, 0.05) is 19.0 Å². The van der Waals surface area contributed by atoms with E-state index in [1.165, 1.54) is 24.0 Å². The van der Waals surface area contributed by atoms with E-state index in [1.54, 1.807) is 0 Å². The average Bonchev–Trinajstić information content (AvgIpc) is 3.04. The van der Waals surface area contributed by atoms with Crippen molar-refractivity contribution in [1.82, 2.24) is 15.0 Å². The zero-order valence-corrected chi connectivity index (χ0v) is 12.7. The number of benzene rings is 1. The Bertz CT molecular complexity index is 745. The molecular weight excluding hydrogens is 327 g/mol. The minimum absolute atomic E-state index is 0.0326. The lowest BCUT2D eigenvalue weighted by atomic mass is 10.1. The summed E-state index contributed by atoms with van der Waals surface area (Å²) in [7, 11) is 0. The summed E-state index contributed by atoms with van der Waals surface area (Å²) in [4.78, 5) is 17.3. The monoisotopic (exact) mass is 341 g/mol. The molecule has 6 nitrogen and oxygen atoms in total. The van der Waals surface area contributed by atoms with Gasteiger partial charge in [-0.15, -0.1) is 0 Å². The van der Waals surface area contributed by atoms with E-state index < -0.39 is 17.8 Å². The first kappa shape index (κ1) is 16.4. The minimum Gasteiger partial charge on any atom is -0.377 e. The summed E-state index contributed by atoms with van der Waals surface area (Å²) < 4.78 is 48.9. The molecule has 1 unspecified atom stereocenters.